The van der Waals surface area contributed by atoms with Gasteiger partial charge in [-0.1, -0.05) is 6.92 Å². The van der Waals surface area contributed by atoms with Crippen molar-refractivity contribution in [2.75, 3.05) is 0 Å². The largest absolute Gasteiger partial charge is 0.586 e. The highest BCUT2D eigenvalue weighted by molar-refractivity contribution is 5.88. The lowest BCUT2D eigenvalue weighted by Gasteiger charge is -2.31. The summed E-state index contributed by atoms with van der Waals surface area (Å²) >= 11 is 0. The topological polar surface area (TPSA) is 99.9 Å². The Balaban J connectivity index is 1.57. The van der Waals surface area contributed by atoms with Gasteiger partial charge in [-0.15, -0.1) is 8.78 Å². The Kier molecular flexibility index (Phi) is 3.29. The minimum atomic E-state index is -3.74. The summed E-state index contributed by atoms with van der Waals surface area (Å²) in [5.41, 5.74) is 0.131. The molecule has 0 saturated heterocycles. The number of esters is 1. The number of aromatic nitrogens is 2. The summed E-state index contributed by atoms with van der Waals surface area (Å²) < 4.78 is 42.4. The Morgan fingerprint density at radius 1 is 1.16 bits per heavy atom. The maximum absolute atomic E-state index is 13.4. The Morgan fingerprint density at radius 3 is 2.65 bits per heavy atom. The summed E-state index contributed by atoms with van der Waals surface area (Å²) in [5.74, 6) is -1.02. The van der Waals surface area contributed by atoms with Crippen molar-refractivity contribution in [2.24, 2.45) is 0 Å². The molecule has 2 aromatic heterocycles. The smallest absolute Gasteiger partial charge is 0.458 e. The highest BCUT2D eigenvalue weighted by atomic mass is 19.3. The van der Waals surface area contributed by atoms with E-state index in [1.54, 1.807) is 19.1 Å². The van der Waals surface area contributed by atoms with E-state index in [0.29, 0.717) is 27.9 Å². The third-order valence-electron chi connectivity index (χ3n) is 6.03. The number of pyridine rings is 2. The molecule has 158 valence electrons. The summed E-state index contributed by atoms with van der Waals surface area (Å²) in [6.07, 6.45) is -3.70. The number of hydrogen-bond donors (Lipinski definition) is 1. The number of rotatable bonds is 1. The molecule has 3 aliphatic rings. The molecule has 1 N–H and O–H groups in total. The molecule has 0 radical (unpaired) electrons. The third kappa shape index (κ3) is 2.33. The molecule has 0 bridgehead atoms. The predicted molar refractivity (Wildman–Crippen MR) is 101 cm³/mol. The number of aliphatic hydroxyl groups is 1. The zero-order valence-corrected chi connectivity index (χ0v) is 16.1. The Hall–Kier alpha value is -3.53. The molecule has 6 rings (SSSR count). The van der Waals surface area contributed by atoms with Crippen LogP contribution in [0, 0.1) is 0 Å². The van der Waals surface area contributed by atoms with Gasteiger partial charge >= 0.3 is 12.3 Å². The molecular weight excluding hydrogens is 414 g/mol. The molecule has 8 nitrogen and oxygen atoms in total. The first-order chi connectivity index (χ1) is 14.7. The summed E-state index contributed by atoms with van der Waals surface area (Å²) in [6, 6.07) is 6.10. The van der Waals surface area contributed by atoms with Gasteiger partial charge in [-0.3, -0.25) is 4.79 Å². The van der Waals surface area contributed by atoms with Crippen molar-refractivity contribution in [3.8, 4) is 22.9 Å². The molecule has 31 heavy (non-hydrogen) atoms. The third-order valence-corrected chi connectivity index (χ3v) is 6.03. The standard InChI is InChI=1S/C21H14F2N2O6/c1-2-20(28)12-5-14-17-10(7-25(14)18(26)11(12)8-29-19(20)27)3-9-4-15-16(6-13(9)24-17)31-21(22,23)30-15/h3-6,28H,2,7-8H2,1H3. The van der Waals surface area contributed by atoms with E-state index in [-0.39, 0.29) is 47.8 Å². The fraction of sp³-hybridized carbons (Fsp3) is 0.286. The fourth-order valence-corrected chi connectivity index (χ4v) is 4.43. The minimum absolute atomic E-state index is 0.0391. The van der Waals surface area contributed by atoms with Gasteiger partial charge < -0.3 is 23.9 Å². The van der Waals surface area contributed by atoms with Gasteiger partial charge in [0, 0.05) is 22.6 Å². The maximum atomic E-state index is 13.4. The second kappa shape index (κ2) is 5.58. The van der Waals surface area contributed by atoms with Crippen LogP contribution in [-0.2, 0) is 28.3 Å². The van der Waals surface area contributed by atoms with Crippen LogP contribution < -0.4 is 15.0 Å². The molecule has 5 heterocycles. The number of carbonyl (C=O) groups excluding carboxylic acids is 1. The first-order valence-electron chi connectivity index (χ1n) is 9.61. The predicted octanol–water partition coefficient (Wildman–Crippen LogP) is 2.40. The number of alkyl halides is 2. The van der Waals surface area contributed by atoms with Gasteiger partial charge in [0.2, 0.25) is 0 Å². The van der Waals surface area contributed by atoms with Gasteiger partial charge in [0.15, 0.2) is 17.1 Å². The Bertz CT molecular complexity index is 1400. The van der Waals surface area contributed by atoms with Crippen LogP contribution in [0.3, 0.4) is 0 Å². The van der Waals surface area contributed by atoms with Crippen molar-refractivity contribution in [1.29, 1.82) is 0 Å². The van der Waals surface area contributed by atoms with Gasteiger partial charge in [0.1, 0.15) is 6.61 Å². The highest BCUT2D eigenvalue weighted by Gasteiger charge is 2.46. The molecule has 1 aromatic carbocycles. The van der Waals surface area contributed by atoms with E-state index in [9.17, 15) is 23.5 Å². The molecule has 0 aliphatic carbocycles. The van der Waals surface area contributed by atoms with Crippen molar-refractivity contribution in [3.63, 3.8) is 0 Å². The molecule has 3 aliphatic heterocycles. The van der Waals surface area contributed by atoms with Crippen molar-refractivity contribution in [2.45, 2.75) is 38.4 Å². The fourth-order valence-electron chi connectivity index (χ4n) is 4.43. The zero-order chi connectivity index (χ0) is 21.7. The van der Waals surface area contributed by atoms with Crippen LogP contribution >= 0.6 is 0 Å². The Morgan fingerprint density at radius 2 is 1.90 bits per heavy atom. The van der Waals surface area contributed by atoms with Gasteiger partial charge in [0.25, 0.3) is 5.56 Å². The number of halogens is 2. The molecule has 0 fully saturated rings. The number of cyclic esters (lactones) is 1. The molecular formula is C21H14F2N2O6. The van der Waals surface area contributed by atoms with Crippen molar-refractivity contribution >= 4 is 16.9 Å². The average molecular weight is 428 g/mol. The lowest BCUT2D eigenvalue weighted by Crippen LogP contribution is -2.44. The van der Waals surface area contributed by atoms with Crippen LogP contribution in [0.5, 0.6) is 11.5 Å². The summed E-state index contributed by atoms with van der Waals surface area (Å²) in [5, 5.41) is 11.4. The SMILES string of the molecule is CCC1(O)C(=O)OCc2c1cc1n(c2=O)Cc2cc3cc4c(cc3nc2-1)OC(F)(F)O4. The number of hydrogen-bond acceptors (Lipinski definition) is 7. The number of fused-ring (bicyclic) bond motifs is 6. The molecule has 1 unspecified atom stereocenters. The van der Waals surface area contributed by atoms with Gasteiger partial charge in [0.05, 0.1) is 29.0 Å². The van der Waals surface area contributed by atoms with E-state index in [0.717, 1.165) is 0 Å². The highest BCUT2D eigenvalue weighted by Crippen LogP contribution is 2.44. The van der Waals surface area contributed by atoms with E-state index < -0.39 is 17.9 Å². The Labute approximate surface area is 172 Å². The van der Waals surface area contributed by atoms with Crippen LogP contribution in [-0.4, -0.2) is 26.9 Å². The zero-order valence-electron chi connectivity index (χ0n) is 16.1. The average Bonchev–Trinajstić information content (AvgIpc) is 3.22. The quantitative estimate of drug-likeness (QED) is 0.465. The van der Waals surface area contributed by atoms with Crippen LogP contribution in [0.2, 0.25) is 0 Å². The molecule has 0 amide bonds. The van der Waals surface area contributed by atoms with Gasteiger partial charge in [-0.2, -0.15) is 0 Å². The van der Waals surface area contributed by atoms with E-state index in [1.807, 2.05) is 0 Å². The molecule has 10 heteroatoms. The van der Waals surface area contributed by atoms with Crippen LogP contribution in [0.15, 0.2) is 29.1 Å². The number of ether oxygens (including phenoxy) is 3. The van der Waals surface area contributed by atoms with Gasteiger partial charge in [-0.05, 0) is 24.6 Å². The van der Waals surface area contributed by atoms with E-state index >= 15 is 0 Å². The molecule has 1 atom stereocenters. The van der Waals surface area contributed by atoms with Crippen LogP contribution in [0.1, 0.15) is 30.0 Å². The first-order valence-corrected chi connectivity index (χ1v) is 9.61. The second-order valence-electron chi connectivity index (χ2n) is 7.76. The normalized spacial score (nSPS) is 22.1. The van der Waals surface area contributed by atoms with Gasteiger partial charge in [-0.25, -0.2) is 9.78 Å². The lowest BCUT2D eigenvalue weighted by atomic mass is 9.86. The summed E-state index contributed by atoms with van der Waals surface area (Å²) in [6.45, 7) is 1.62. The molecule has 0 saturated carbocycles. The first kappa shape index (κ1) is 18.3. The molecule has 0 spiro atoms. The van der Waals surface area contributed by atoms with E-state index in [1.165, 1.54) is 16.7 Å². The van der Waals surface area contributed by atoms with E-state index in [2.05, 4.69) is 14.5 Å². The number of nitrogens with zero attached hydrogens (tertiary/aromatic N) is 2. The minimum Gasteiger partial charge on any atom is -0.458 e. The second-order valence-corrected chi connectivity index (χ2v) is 7.76. The van der Waals surface area contributed by atoms with Crippen molar-refractivity contribution < 1.29 is 32.9 Å². The van der Waals surface area contributed by atoms with Crippen molar-refractivity contribution in [3.05, 3.63) is 51.3 Å². The molecule has 3 aromatic rings. The summed E-state index contributed by atoms with van der Waals surface area (Å²) in [4.78, 5) is 29.9. The van der Waals surface area contributed by atoms with E-state index in [4.69, 9.17) is 4.74 Å². The number of carbonyl (C=O) groups is 1. The maximum Gasteiger partial charge on any atom is 0.586 e. The monoisotopic (exact) mass is 428 g/mol. The summed E-state index contributed by atoms with van der Waals surface area (Å²) in [7, 11) is 0. The van der Waals surface area contributed by atoms with Crippen molar-refractivity contribution in [1.82, 2.24) is 9.55 Å². The number of benzene rings is 1. The van der Waals surface area contributed by atoms with Crippen LogP contribution in [0.4, 0.5) is 8.78 Å². The van der Waals surface area contributed by atoms with Crippen LogP contribution in [0.25, 0.3) is 22.3 Å². The lowest BCUT2D eigenvalue weighted by molar-refractivity contribution is -0.286.